The van der Waals surface area contributed by atoms with E-state index in [0.29, 0.717) is 6.42 Å². The van der Waals surface area contributed by atoms with Gasteiger partial charge in [0, 0.05) is 12.6 Å². The van der Waals surface area contributed by atoms with E-state index in [-0.39, 0.29) is 18.8 Å². The van der Waals surface area contributed by atoms with Crippen LogP contribution in [0, 0.1) is 10.1 Å². The highest BCUT2D eigenvalue weighted by molar-refractivity contribution is 7.89. The van der Waals surface area contributed by atoms with Gasteiger partial charge in [-0.2, -0.15) is 0 Å². The highest BCUT2D eigenvalue weighted by Gasteiger charge is 2.28. The Morgan fingerprint density at radius 1 is 1.48 bits per heavy atom. The first-order valence-corrected chi connectivity index (χ1v) is 7.79. The third-order valence-corrected chi connectivity index (χ3v) is 4.51. The summed E-state index contributed by atoms with van der Waals surface area (Å²) in [4.78, 5) is 9.84. The standard InChI is InChI=1S/C12H18N2O6S/c1-3-9(6-7-15)13-21(18,19)12-5-4-10(20-2)8-11(12)14(16)17/h4-5,8-9,13,15H,3,6-7H2,1-2H3. The summed E-state index contributed by atoms with van der Waals surface area (Å²) in [5, 5.41) is 19.9. The van der Waals surface area contributed by atoms with Crippen molar-refractivity contribution in [2.24, 2.45) is 0 Å². The number of nitro benzene ring substituents is 1. The van der Waals surface area contributed by atoms with Crippen LogP contribution in [0.1, 0.15) is 19.8 Å². The van der Waals surface area contributed by atoms with E-state index in [1.54, 1.807) is 6.92 Å². The molecule has 0 bridgehead atoms. The van der Waals surface area contributed by atoms with Crippen LogP contribution in [-0.4, -0.2) is 38.2 Å². The van der Waals surface area contributed by atoms with Gasteiger partial charge in [-0.25, -0.2) is 13.1 Å². The molecule has 0 heterocycles. The zero-order chi connectivity index (χ0) is 16.0. The summed E-state index contributed by atoms with van der Waals surface area (Å²) in [6, 6.07) is 3.04. The van der Waals surface area contributed by atoms with Crippen molar-refractivity contribution in [2.75, 3.05) is 13.7 Å². The van der Waals surface area contributed by atoms with Gasteiger partial charge in [0.2, 0.25) is 10.0 Å². The Bertz CT molecular complexity index is 602. The van der Waals surface area contributed by atoms with Gasteiger partial charge >= 0.3 is 0 Å². The van der Waals surface area contributed by atoms with Crippen molar-refractivity contribution in [3.05, 3.63) is 28.3 Å². The fourth-order valence-corrected chi connectivity index (χ4v) is 3.29. The third kappa shape index (κ3) is 4.38. The van der Waals surface area contributed by atoms with Crippen LogP contribution >= 0.6 is 0 Å². The molecule has 8 nitrogen and oxygen atoms in total. The molecule has 0 saturated heterocycles. The van der Waals surface area contributed by atoms with E-state index < -0.39 is 31.6 Å². The molecule has 0 fully saturated rings. The summed E-state index contributed by atoms with van der Waals surface area (Å²) >= 11 is 0. The summed E-state index contributed by atoms with van der Waals surface area (Å²) in [5.41, 5.74) is -0.555. The molecular weight excluding hydrogens is 300 g/mol. The average Bonchev–Trinajstić information content (AvgIpc) is 2.45. The summed E-state index contributed by atoms with van der Waals surface area (Å²) in [6.07, 6.45) is 0.698. The molecule has 1 atom stereocenters. The van der Waals surface area contributed by atoms with Gasteiger partial charge in [-0.05, 0) is 25.0 Å². The Hall–Kier alpha value is -1.71. The number of benzene rings is 1. The van der Waals surface area contributed by atoms with Crippen molar-refractivity contribution in [3.63, 3.8) is 0 Å². The Balaban J connectivity index is 3.21. The quantitative estimate of drug-likeness (QED) is 0.546. The van der Waals surface area contributed by atoms with Crippen LogP contribution in [0.4, 0.5) is 5.69 Å². The van der Waals surface area contributed by atoms with Gasteiger partial charge < -0.3 is 9.84 Å². The summed E-state index contributed by atoms with van der Waals surface area (Å²) in [6.45, 7) is 1.58. The van der Waals surface area contributed by atoms with Crippen molar-refractivity contribution in [1.29, 1.82) is 0 Å². The fraction of sp³-hybridized carbons (Fsp3) is 0.500. The van der Waals surface area contributed by atoms with Crippen LogP contribution in [0.5, 0.6) is 5.75 Å². The number of methoxy groups -OCH3 is 1. The van der Waals surface area contributed by atoms with E-state index in [1.807, 2.05) is 0 Å². The number of rotatable bonds is 8. The predicted molar refractivity (Wildman–Crippen MR) is 75.8 cm³/mol. The van der Waals surface area contributed by atoms with Crippen molar-refractivity contribution in [1.82, 2.24) is 4.72 Å². The number of sulfonamides is 1. The van der Waals surface area contributed by atoms with Gasteiger partial charge in [-0.1, -0.05) is 6.92 Å². The monoisotopic (exact) mass is 318 g/mol. The van der Waals surface area contributed by atoms with E-state index in [1.165, 1.54) is 13.2 Å². The van der Waals surface area contributed by atoms with Crippen LogP contribution in [-0.2, 0) is 10.0 Å². The number of aliphatic hydroxyl groups excluding tert-OH is 1. The molecule has 0 amide bonds. The molecule has 9 heteroatoms. The summed E-state index contributed by atoms with van der Waals surface area (Å²) in [7, 11) is -2.72. The molecule has 0 aliphatic carbocycles. The lowest BCUT2D eigenvalue weighted by Gasteiger charge is -2.16. The van der Waals surface area contributed by atoms with Gasteiger partial charge in [0.1, 0.15) is 5.75 Å². The Morgan fingerprint density at radius 2 is 2.14 bits per heavy atom. The topological polar surface area (TPSA) is 119 Å². The highest BCUT2D eigenvalue weighted by atomic mass is 32.2. The smallest absolute Gasteiger partial charge is 0.293 e. The maximum atomic E-state index is 12.3. The molecule has 0 spiro atoms. The normalized spacial score (nSPS) is 12.9. The lowest BCUT2D eigenvalue weighted by atomic mass is 10.2. The number of nitro groups is 1. The highest BCUT2D eigenvalue weighted by Crippen LogP contribution is 2.28. The minimum atomic E-state index is -4.05. The number of hydrogen-bond acceptors (Lipinski definition) is 6. The second-order valence-corrected chi connectivity index (χ2v) is 6.01. The second-order valence-electron chi connectivity index (χ2n) is 4.33. The molecule has 0 aliphatic rings. The fourth-order valence-electron chi connectivity index (χ4n) is 1.78. The van der Waals surface area contributed by atoms with Gasteiger partial charge in [0.05, 0.1) is 18.1 Å². The lowest BCUT2D eigenvalue weighted by molar-refractivity contribution is -0.387. The molecule has 1 rings (SSSR count). The minimum Gasteiger partial charge on any atom is -0.497 e. The molecule has 0 aliphatic heterocycles. The van der Waals surface area contributed by atoms with E-state index in [4.69, 9.17) is 9.84 Å². The van der Waals surface area contributed by atoms with Crippen LogP contribution in [0.15, 0.2) is 23.1 Å². The van der Waals surface area contributed by atoms with Gasteiger partial charge in [0.25, 0.3) is 5.69 Å². The summed E-state index contributed by atoms with van der Waals surface area (Å²) < 4.78 is 31.7. The number of hydrogen-bond donors (Lipinski definition) is 2. The van der Waals surface area contributed by atoms with Crippen molar-refractivity contribution in [2.45, 2.75) is 30.7 Å². The largest absolute Gasteiger partial charge is 0.497 e. The molecule has 2 N–H and O–H groups in total. The van der Waals surface area contributed by atoms with E-state index in [9.17, 15) is 18.5 Å². The van der Waals surface area contributed by atoms with E-state index in [0.717, 1.165) is 12.1 Å². The van der Waals surface area contributed by atoms with Gasteiger partial charge in [-0.3, -0.25) is 10.1 Å². The molecule has 118 valence electrons. The number of ether oxygens (including phenoxy) is 1. The molecule has 0 saturated carbocycles. The number of nitrogens with zero attached hydrogens (tertiary/aromatic N) is 1. The average molecular weight is 318 g/mol. The SMILES string of the molecule is CCC(CCO)NS(=O)(=O)c1ccc(OC)cc1[N+](=O)[O-]. The summed E-state index contributed by atoms with van der Waals surface area (Å²) in [5.74, 6) is 0.197. The molecule has 1 aromatic carbocycles. The van der Waals surface area contributed by atoms with Gasteiger partial charge in [-0.15, -0.1) is 0 Å². The van der Waals surface area contributed by atoms with Crippen molar-refractivity contribution >= 4 is 15.7 Å². The first-order valence-electron chi connectivity index (χ1n) is 6.31. The third-order valence-electron chi connectivity index (χ3n) is 2.94. The van der Waals surface area contributed by atoms with Crippen LogP contribution in [0.3, 0.4) is 0 Å². The maximum Gasteiger partial charge on any atom is 0.293 e. The number of aliphatic hydroxyl groups is 1. The van der Waals surface area contributed by atoms with Crippen LogP contribution in [0.25, 0.3) is 0 Å². The van der Waals surface area contributed by atoms with E-state index in [2.05, 4.69) is 4.72 Å². The first kappa shape index (κ1) is 17.3. The Labute approximate surface area is 122 Å². The molecule has 1 aromatic rings. The van der Waals surface area contributed by atoms with E-state index >= 15 is 0 Å². The minimum absolute atomic E-state index is 0.175. The maximum absolute atomic E-state index is 12.3. The zero-order valence-electron chi connectivity index (χ0n) is 11.8. The molecule has 0 radical (unpaired) electrons. The molecule has 21 heavy (non-hydrogen) atoms. The lowest BCUT2D eigenvalue weighted by Crippen LogP contribution is -2.35. The van der Waals surface area contributed by atoms with Crippen molar-refractivity contribution < 1.29 is 23.2 Å². The predicted octanol–water partition coefficient (Wildman–Crippen LogP) is 1.04. The second kappa shape index (κ2) is 7.34. The van der Waals surface area contributed by atoms with Crippen LogP contribution in [0.2, 0.25) is 0 Å². The van der Waals surface area contributed by atoms with Gasteiger partial charge in [0.15, 0.2) is 4.90 Å². The Kier molecular flexibility index (Phi) is 6.06. The Morgan fingerprint density at radius 3 is 2.62 bits per heavy atom. The molecular formula is C12H18N2O6S. The van der Waals surface area contributed by atoms with Crippen LogP contribution < -0.4 is 9.46 Å². The first-order chi connectivity index (χ1) is 9.85. The number of nitrogens with one attached hydrogen (secondary N) is 1. The molecule has 0 aromatic heterocycles. The zero-order valence-corrected chi connectivity index (χ0v) is 12.6. The van der Waals surface area contributed by atoms with Crippen molar-refractivity contribution in [3.8, 4) is 5.75 Å². The molecule has 1 unspecified atom stereocenters.